The summed E-state index contributed by atoms with van der Waals surface area (Å²) >= 11 is 0. The Morgan fingerprint density at radius 2 is 1.42 bits per heavy atom. The van der Waals surface area contributed by atoms with E-state index >= 15 is 0 Å². The van der Waals surface area contributed by atoms with Gasteiger partial charge in [-0.3, -0.25) is 4.79 Å². The van der Waals surface area contributed by atoms with Crippen molar-refractivity contribution in [3.8, 4) is 0 Å². The Kier molecular flexibility index (Phi) is 2.62. The molecule has 0 aromatic heterocycles. The normalized spacial score (nSPS) is 34.7. The van der Waals surface area contributed by atoms with E-state index < -0.39 is 24.1 Å². The van der Waals surface area contributed by atoms with Crippen LogP contribution >= 0.6 is 0 Å². The van der Waals surface area contributed by atoms with E-state index in [9.17, 15) is 4.79 Å². The summed E-state index contributed by atoms with van der Waals surface area (Å²) in [4.78, 5) is 10.5. The van der Waals surface area contributed by atoms with E-state index in [-0.39, 0.29) is 0 Å². The van der Waals surface area contributed by atoms with Crippen LogP contribution in [0, 0.1) is 5.92 Å². The lowest BCUT2D eigenvalue weighted by Crippen LogP contribution is -2.20. The van der Waals surface area contributed by atoms with Gasteiger partial charge >= 0.3 is 5.97 Å². The highest BCUT2D eigenvalue weighted by molar-refractivity contribution is 5.74. The number of hydrogen-bond acceptors (Lipinski definition) is 3. The van der Waals surface area contributed by atoms with Crippen molar-refractivity contribution in [2.45, 2.75) is 12.2 Å². The highest BCUT2D eigenvalue weighted by atomic mass is 16.4. The molecule has 1 aliphatic carbocycles. The van der Waals surface area contributed by atoms with E-state index in [2.05, 4.69) is 0 Å². The molecule has 0 saturated carbocycles. The van der Waals surface area contributed by atoms with E-state index in [4.69, 9.17) is 15.3 Å². The van der Waals surface area contributed by atoms with Crippen molar-refractivity contribution in [1.29, 1.82) is 0 Å². The summed E-state index contributed by atoms with van der Waals surface area (Å²) in [6, 6.07) is 0. The Morgan fingerprint density at radius 3 is 1.75 bits per heavy atom. The molecule has 0 bridgehead atoms. The molecule has 4 heteroatoms. The third-order valence-corrected chi connectivity index (χ3v) is 1.67. The van der Waals surface area contributed by atoms with Gasteiger partial charge < -0.3 is 15.3 Å². The van der Waals surface area contributed by atoms with Crippen LogP contribution in [-0.2, 0) is 4.79 Å². The van der Waals surface area contributed by atoms with Gasteiger partial charge in [-0.05, 0) is 0 Å². The second kappa shape index (κ2) is 3.51. The van der Waals surface area contributed by atoms with Crippen molar-refractivity contribution in [3.63, 3.8) is 0 Å². The molecule has 0 aliphatic heterocycles. The molecule has 66 valence electrons. The van der Waals surface area contributed by atoms with E-state index in [0.717, 1.165) is 0 Å². The number of rotatable bonds is 1. The summed E-state index contributed by atoms with van der Waals surface area (Å²) in [6.45, 7) is 0. The Labute approximate surface area is 69.5 Å². The molecule has 12 heavy (non-hydrogen) atoms. The molecule has 3 N–H and O–H groups in total. The SMILES string of the molecule is O=C(O)C1C=CC(O)C(O)C=C1. The molecule has 1 aliphatic rings. The number of aliphatic hydroxyl groups excluding tert-OH is 2. The van der Waals surface area contributed by atoms with Gasteiger partial charge in [0.05, 0.1) is 5.92 Å². The molecule has 4 nitrogen and oxygen atoms in total. The fourth-order valence-electron chi connectivity index (χ4n) is 0.924. The minimum atomic E-state index is -1.01. The van der Waals surface area contributed by atoms with Crippen LogP contribution in [0.5, 0.6) is 0 Å². The number of carbonyl (C=O) groups is 1. The second-order valence-corrected chi connectivity index (χ2v) is 2.62. The number of carboxylic acid groups (broad SMARTS) is 1. The van der Waals surface area contributed by atoms with Gasteiger partial charge in [-0.15, -0.1) is 0 Å². The lowest BCUT2D eigenvalue weighted by Gasteiger charge is -2.06. The molecule has 0 aromatic rings. The highest BCUT2D eigenvalue weighted by Gasteiger charge is 2.17. The number of aliphatic hydroxyl groups is 2. The number of carboxylic acids is 1. The molecule has 0 heterocycles. The van der Waals surface area contributed by atoms with Gasteiger partial charge in [0.25, 0.3) is 0 Å². The smallest absolute Gasteiger partial charge is 0.314 e. The van der Waals surface area contributed by atoms with Crippen molar-refractivity contribution in [2.75, 3.05) is 0 Å². The largest absolute Gasteiger partial charge is 0.481 e. The minimum Gasteiger partial charge on any atom is -0.481 e. The average Bonchev–Trinajstić information content (AvgIpc) is 2.16. The Bertz CT molecular complexity index is 213. The number of hydrogen-bond donors (Lipinski definition) is 3. The molecule has 0 radical (unpaired) electrons. The molecular weight excluding hydrogens is 160 g/mol. The predicted octanol–water partition coefficient (Wildman–Crippen LogP) is -0.465. The van der Waals surface area contributed by atoms with Crippen molar-refractivity contribution >= 4 is 5.97 Å². The van der Waals surface area contributed by atoms with Crippen molar-refractivity contribution in [1.82, 2.24) is 0 Å². The van der Waals surface area contributed by atoms with Crippen LogP contribution in [0.15, 0.2) is 24.3 Å². The van der Waals surface area contributed by atoms with E-state index in [1.54, 1.807) is 0 Å². The zero-order valence-electron chi connectivity index (χ0n) is 6.29. The first-order valence-corrected chi connectivity index (χ1v) is 3.57. The molecule has 0 aromatic carbocycles. The lowest BCUT2D eigenvalue weighted by atomic mass is 10.1. The third-order valence-electron chi connectivity index (χ3n) is 1.67. The van der Waals surface area contributed by atoms with Crippen LogP contribution < -0.4 is 0 Å². The van der Waals surface area contributed by atoms with Gasteiger partial charge in [0.2, 0.25) is 0 Å². The monoisotopic (exact) mass is 170 g/mol. The first-order chi connectivity index (χ1) is 5.61. The van der Waals surface area contributed by atoms with Gasteiger partial charge in [0.15, 0.2) is 0 Å². The molecule has 0 amide bonds. The van der Waals surface area contributed by atoms with E-state index in [0.29, 0.717) is 0 Å². The zero-order valence-corrected chi connectivity index (χ0v) is 6.29. The van der Waals surface area contributed by atoms with Crippen molar-refractivity contribution in [2.24, 2.45) is 5.92 Å². The molecule has 1 rings (SSSR count). The van der Waals surface area contributed by atoms with Crippen molar-refractivity contribution in [3.05, 3.63) is 24.3 Å². The standard InChI is InChI=1S/C8H10O4/c9-6-3-1-5(8(11)12)2-4-7(6)10/h1-7,9-10H,(H,11,12). The first kappa shape index (κ1) is 8.96. The maximum atomic E-state index is 10.5. The number of aliphatic carboxylic acids is 1. The fourth-order valence-corrected chi connectivity index (χ4v) is 0.924. The maximum Gasteiger partial charge on any atom is 0.314 e. The van der Waals surface area contributed by atoms with Crippen LogP contribution in [0.3, 0.4) is 0 Å². The lowest BCUT2D eigenvalue weighted by molar-refractivity contribution is -0.138. The average molecular weight is 170 g/mol. The van der Waals surface area contributed by atoms with Crippen LogP contribution in [0.4, 0.5) is 0 Å². The van der Waals surface area contributed by atoms with Crippen LogP contribution in [0.25, 0.3) is 0 Å². The third kappa shape index (κ3) is 1.93. The molecule has 0 spiro atoms. The topological polar surface area (TPSA) is 77.8 Å². The van der Waals surface area contributed by atoms with Gasteiger partial charge in [-0.1, -0.05) is 24.3 Å². The van der Waals surface area contributed by atoms with Gasteiger partial charge in [-0.25, -0.2) is 0 Å². The summed E-state index contributed by atoms with van der Waals surface area (Å²) in [6.07, 6.45) is 3.24. The molecule has 0 fully saturated rings. The summed E-state index contributed by atoms with van der Waals surface area (Å²) in [5.74, 6) is -1.75. The second-order valence-electron chi connectivity index (χ2n) is 2.62. The highest BCUT2D eigenvalue weighted by Crippen LogP contribution is 2.10. The van der Waals surface area contributed by atoms with E-state index in [1.165, 1.54) is 24.3 Å². The van der Waals surface area contributed by atoms with E-state index in [1.807, 2.05) is 0 Å². The van der Waals surface area contributed by atoms with Crippen LogP contribution in [-0.4, -0.2) is 33.5 Å². The Hall–Kier alpha value is -1.13. The fraction of sp³-hybridized carbons (Fsp3) is 0.375. The van der Waals surface area contributed by atoms with Crippen LogP contribution in [0.1, 0.15) is 0 Å². The molecule has 2 atom stereocenters. The summed E-state index contributed by atoms with van der Waals surface area (Å²) < 4.78 is 0. The quantitative estimate of drug-likeness (QED) is 0.465. The van der Waals surface area contributed by atoms with Crippen molar-refractivity contribution < 1.29 is 20.1 Å². The summed E-state index contributed by atoms with van der Waals surface area (Å²) in [5.41, 5.74) is 0. The first-order valence-electron chi connectivity index (χ1n) is 3.57. The summed E-state index contributed by atoms with van der Waals surface area (Å²) in [7, 11) is 0. The summed E-state index contributed by atoms with van der Waals surface area (Å²) in [5, 5.41) is 26.7. The Balaban J connectivity index is 2.78. The predicted molar refractivity (Wildman–Crippen MR) is 41.4 cm³/mol. The molecule has 0 saturated heterocycles. The molecular formula is C8H10O4. The van der Waals surface area contributed by atoms with Gasteiger partial charge in [0, 0.05) is 0 Å². The Morgan fingerprint density at radius 1 is 1.00 bits per heavy atom. The van der Waals surface area contributed by atoms with Gasteiger partial charge in [0.1, 0.15) is 12.2 Å². The minimum absolute atomic E-state index is 0.753. The maximum absolute atomic E-state index is 10.5. The van der Waals surface area contributed by atoms with Gasteiger partial charge in [-0.2, -0.15) is 0 Å². The zero-order chi connectivity index (χ0) is 9.14. The molecule has 2 unspecified atom stereocenters. The van der Waals surface area contributed by atoms with Crippen LogP contribution in [0.2, 0.25) is 0 Å².